The van der Waals surface area contributed by atoms with E-state index in [4.69, 9.17) is 27.9 Å². The number of benzene rings is 2. The monoisotopic (exact) mass is 325 g/mol. The number of hydrogen-bond acceptors (Lipinski definition) is 4. The highest BCUT2D eigenvalue weighted by atomic mass is 35.5. The zero-order valence-corrected chi connectivity index (χ0v) is 12.1. The van der Waals surface area contributed by atoms with Gasteiger partial charge in [0.15, 0.2) is 6.29 Å². The van der Waals surface area contributed by atoms with Crippen molar-refractivity contribution in [3.63, 3.8) is 0 Å². The summed E-state index contributed by atoms with van der Waals surface area (Å²) in [7, 11) is 0. The molecular formula is C14H9Cl2NO4. The van der Waals surface area contributed by atoms with Crippen molar-refractivity contribution < 1.29 is 14.5 Å². The smallest absolute Gasteiger partial charge is 0.270 e. The van der Waals surface area contributed by atoms with Crippen molar-refractivity contribution in [3.8, 4) is 5.75 Å². The number of nitrogens with zero attached hydrogens (tertiary/aromatic N) is 1. The summed E-state index contributed by atoms with van der Waals surface area (Å²) in [6.45, 7) is 0.162. The van der Waals surface area contributed by atoms with Gasteiger partial charge in [-0.15, -0.1) is 0 Å². The molecule has 0 bridgehead atoms. The second-order valence-electron chi connectivity index (χ2n) is 4.13. The minimum atomic E-state index is -0.574. The van der Waals surface area contributed by atoms with Gasteiger partial charge in [0.05, 0.1) is 20.5 Å². The van der Waals surface area contributed by atoms with E-state index in [0.29, 0.717) is 16.3 Å². The lowest BCUT2D eigenvalue weighted by atomic mass is 10.2. The lowest BCUT2D eigenvalue weighted by molar-refractivity contribution is -0.384. The maximum absolute atomic E-state index is 11.0. The number of nitro benzene ring substituents is 1. The van der Waals surface area contributed by atoms with Crippen LogP contribution in [0.25, 0.3) is 0 Å². The molecule has 0 saturated heterocycles. The summed E-state index contributed by atoms with van der Waals surface area (Å²) in [6.07, 6.45) is 0.511. The largest absolute Gasteiger partial charge is 0.488 e. The van der Waals surface area contributed by atoms with E-state index in [-0.39, 0.29) is 23.6 Å². The average molecular weight is 326 g/mol. The van der Waals surface area contributed by atoms with Crippen LogP contribution in [0.3, 0.4) is 0 Å². The Labute approximate surface area is 130 Å². The van der Waals surface area contributed by atoms with E-state index in [1.165, 1.54) is 12.1 Å². The number of nitro groups is 1. The van der Waals surface area contributed by atoms with Gasteiger partial charge in [0.2, 0.25) is 0 Å². The summed E-state index contributed by atoms with van der Waals surface area (Å²) in [6, 6.07) is 8.85. The lowest BCUT2D eigenvalue weighted by Gasteiger charge is -2.09. The Morgan fingerprint density at radius 1 is 1.14 bits per heavy atom. The first kappa shape index (κ1) is 15.3. The Morgan fingerprint density at radius 2 is 1.90 bits per heavy atom. The normalized spacial score (nSPS) is 10.2. The van der Waals surface area contributed by atoms with Gasteiger partial charge >= 0.3 is 0 Å². The maximum Gasteiger partial charge on any atom is 0.270 e. The Hall–Kier alpha value is -2.11. The molecule has 5 nitrogen and oxygen atoms in total. The molecule has 0 amide bonds. The highest BCUT2D eigenvalue weighted by molar-refractivity contribution is 6.42. The molecule has 0 aliphatic rings. The SMILES string of the molecule is O=Cc1cc([N+](=O)[O-])ccc1OCc1ccc(Cl)c(Cl)c1. The average Bonchev–Trinajstić information content (AvgIpc) is 2.48. The molecule has 0 radical (unpaired) electrons. The predicted octanol–water partition coefficient (Wildman–Crippen LogP) is 4.29. The van der Waals surface area contributed by atoms with Gasteiger partial charge < -0.3 is 4.74 Å². The van der Waals surface area contributed by atoms with Crippen molar-refractivity contribution in [3.05, 3.63) is 67.7 Å². The number of aldehydes is 1. The number of non-ortho nitro benzene ring substituents is 1. The number of halogens is 2. The van der Waals surface area contributed by atoms with Crippen LogP contribution < -0.4 is 4.74 Å². The van der Waals surface area contributed by atoms with Crippen LogP contribution in [0.1, 0.15) is 15.9 Å². The second-order valence-corrected chi connectivity index (χ2v) is 4.95. The standard InChI is InChI=1S/C14H9Cl2NO4/c15-12-3-1-9(5-13(12)16)8-21-14-4-2-11(17(19)20)6-10(14)7-18/h1-7H,8H2. The van der Waals surface area contributed by atoms with Crippen molar-refractivity contribution in [1.29, 1.82) is 0 Å². The molecule has 2 rings (SSSR count). The van der Waals surface area contributed by atoms with Gasteiger partial charge in [-0.2, -0.15) is 0 Å². The number of rotatable bonds is 5. The van der Waals surface area contributed by atoms with Gasteiger partial charge in [-0.05, 0) is 23.8 Å². The molecule has 0 unspecified atom stereocenters. The Balaban J connectivity index is 2.17. The van der Waals surface area contributed by atoms with Crippen molar-refractivity contribution >= 4 is 35.2 Å². The summed E-state index contributed by atoms with van der Waals surface area (Å²) in [5.41, 5.74) is 0.711. The first-order chi connectivity index (χ1) is 10.0. The molecular weight excluding hydrogens is 317 g/mol. The van der Waals surface area contributed by atoms with Crippen molar-refractivity contribution in [2.75, 3.05) is 0 Å². The third-order valence-electron chi connectivity index (χ3n) is 2.71. The fourth-order valence-electron chi connectivity index (χ4n) is 1.66. The first-order valence-electron chi connectivity index (χ1n) is 5.81. The van der Waals surface area contributed by atoms with Crippen LogP contribution in [-0.4, -0.2) is 11.2 Å². The number of carbonyl (C=O) groups is 1. The highest BCUT2D eigenvalue weighted by Crippen LogP contribution is 2.26. The minimum Gasteiger partial charge on any atom is -0.488 e. The highest BCUT2D eigenvalue weighted by Gasteiger charge is 2.11. The zero-order valence-electron chi connectivity index (χ0n) is 10.6. The number of carbonyl (C=O) groups excluding carboxylic acids is 1. The number of hydrogen-bond donors (Lipinski definition) is 0. The molecule has 0 aliphatic heterocycles. The molecule has 0 atom stereocenters. The van der Waals surface area contributed by atoms with Gasteiger partial charge in [0, 0.05) is 12.1 Å². The fraction of sp³-hybridized carbons (Fsp3) is 0.0714. The van der Waals surface area contributed by atoms with Crippen LogP contribution in [0.2, 0.25) is 10.0 Å². The van der Waals surface area contributed by atoms with Gasteiger partial charge in [0.1, 0.15) is 12.4 Å². The Kier molecular flexibility index (Phi) is 4.77. The van der Waals surface area contributed by atoms with Gasteiger partial charge in [-0.1, -0.05) is 29.3 Å². The van der Waals surface area contributed by atoms with Crippen LogP contribution in [-0.2, 0) is 6.61 Å². The third kappa shape index (κ3) is 3.71. The molecule has 7 heteroatoms. The minimum absolute atomic E-state index is 0.115. The third-order valence-corrected chi connectivity index (χ3v) is 3.45. The number of ether oxygens (including phenoxy) is 1. The Morgan fingerprint density at radius 3 is 2.52 bits per heavy atom. The molecule has 2 aromatic carbocycles. The van der Waals surface area contributed by atoms with Gasteiger partial charge in [-0.3, -0.25) is 14.9 Å². The predicted molar refractivity (Wildman–Crippen MR) is 79.3 cm³/mol. The molecule has 0 spiro atoms. The van der Waals surface area contributed by atoms with Crippen molar-refractivity contribution in [1.82, 2.24) is 0 Å². The van der Waals surface area contributed by atoms with E-state index >= 15 is 0 Å². The van der Waals surface area contributed by atoms with Crippen LogP contribution in [0.5, 0.6) is 5.75 Å². The molecule has 108 valence electrons. The maximum atomic E-state index is 11.0. The van der Waals surface area contributed by atoms with E-state index < -0.39 is 4.92 Å². The van der Waals surface area contributed by atoms with E-state index in [1.807, 2.05) is 0 Å². The summed E-state index contributed by atoms with van der Waals surface area (Å²) in [5.74, 6) is 0.265. The van der Waals surface area contributed by atoms with Gasteiger partial charge in [0.25, 0.3) is 5.69 Å². The molecule has 2 aromatic rings. The lowest BCUT2D eigenvalue weighted by Crippen LogP contribution is -1.99. The summed E-state index contributed by atoms with van der Waals surface area (Å²) < 4.78 is 5.49. The van der Waals surface area contributed by atoms with Crippen LogP contribution in [0, 0.1) is 10.1 Å². The van der Waals surface area contributed by atoms with Crippen LogP contribution in [0.15, 0.2) is 36.4 Å². The molecule has 0 aromatic heterocycles. The fourth-order valence-corrected chi connectivity index (χ4v) is 1.98. The van der Waals surface area contributed by atoms with E-state index in [9.17, 15) is 14.9 Å². The molecule has 0 saturated carbocycles. The zero-order chi connectivity index (χ0) is 15.4. The van der Waals surface area contributed by atoms with E-state index in [2.05, 4.69) is 0 Å². The summed E-state index contributed by atoms with van der Waals surface area (Å²) in [4.78, 5) is 21.0. The molecule has 0 N–H and O–H groups in total. The molecule has 21 heavy (non-hydrogen) atoms. The van der Waals surface area contributed by atoms with E-state index in [0.717, 1.165) is 11.6 Å². The van der Waals surface area contributed by atoms with Crippen LogP contribution >= 0.6 is 23.2 Å². The second kappa shape index (κ2) is 6.56. The van der Waals surface area contributed by atoms with Crippen molar-refractivity contribution in [2.24, 2.45) is 0 Å². The summed E-state index contributed by atoms with van der Waals surface area (Å²) >= 11 is 11.7. The topological polar surface area (TPSA) is 69.4 Å². The first-order valence-corrected chi connectivity index (χ1v) is 6.57. The molecule has 0 aliphatic carbocycles. The quantitative estimate of drug-likeness (QED) is 0.467. The summed E-state index contributed by atoms with van der Waals surface area (Å²) in [5, 5.41) is 11.5. The van der Waals surface area contributed by atoms with E-state index in [1.54, 1.807) is 18.2 Å². The van der Waals surface area contributed by atoms with Gasteiger partial charge in [-0.25, -0.2) is 0 Å². The molecule has 0 fully saturated rings. The molecule has 0 heterocycles. The van der Waals surface area contributed by atoms with Crippen LogP contribution in [0.4, 0.5) is 5.69 Å². The van der Waals surface area contributed by atoms with Crippen molar-refractivity contribution in [2.45, 2.75) is 6.61 Å². The Bertz CT molecular complexity index is 703.